The standard InChI is InChI=1S/C22H25N7O/c1-2-9-19-17(6-1)7-5-8-18(19)16-23-27-20-24-21(28-10-3-4-11-28)26-22(25-20)29-12-14-30-15-13-29/h1-2,5-9,16H,3-4,10-15H2,(H,24,25,26,27). The summed E-state index contributed by atoms with van der Waals surface area (Å²) in [6.07, 6.45) is 4.15. The van der Waals surface area contributed by atoms with Crippen molar-refractivity contribution in [1.82, 2.24) is 15.0 Å². The van der Waals surface area contributed by atoms with Gasteiger partial charge in [0.25, 0.3) is 0 Å². The Morgan fingerprint density at radius 2 is 1.53 bits per heavy atom. The third-order valence-corrected chi connectivity index (χ3v) is 5.49. The summed E-state index contributed by atoms with van der Waals surface area (Å²) in [4.78, 5) is 18.3. The number of benzene rings is 2. The minimum absolute atomic E-state index is 0.463. The molecule has 8 nitrogen and oxygen atoms in total. The minimum atomic E-state index is 0.463. The molecule has 2 aromatic carbocycles. The van der Waals surface area contributed by atoms with Gasteiger partial charge in [0.1, 0.15) is 0 Å². The second-order valence-electron chi connectivity index (χ2n) is 7.49. The SMILES string of the molecule is C(=NNc1nc(N2CCCC2)nc(N2CCOCC2)n1)c1cccc2ccccc12. The van der Waals surface area contributed by atoms with Crippen LogP contribution >= 0.6 is 0 Å². The Balaban J connectivity index is 1.41. The number of nitrogens with zero attached hydrogens (tertiary/aromatic N) is 6. The summed E-state index contributed by atoms with van der Waals surface area (Å²) in [6, 6.07) is 14.5. The molecule has 30 heavy (non-hydrogen) atoms. The van der Waals surface area contributed by atoms with Crippen LogP contribution in [-0.2, 0) is 4.74 Å². The molecule has 2 saturated heterocycles. The van der Waals surface area contributed by atoms with Crippen molar-refractivity contribution >= 4 is 34.8 Å². The highest BCUT2D eigenvalue weighted by Gasteiger charge is 2.21. The molecule has 0 aliphatic carbocycles. The van der Waals surface area contributed by atoms with E-state index >= 15 is 0 Å². The molecule has 1 N–H and O–H groups in total. The zero-order valence-electron chi connectivity index (χ0n) is 16.9. The molecular weight excluding hydrogens is 378 g/mol. The van der Waals surface area contributed by atoms with Crippen LogP contribution in [0.1, 0.15) is 18.4 Å². The quantitative estimate of drug-likeness (QED) is 0.518. The van der Waals surface area contributed by atoms with Gasteiger partial charge in [0.2, 0.25) is 17.8 Å². The summed E-state index contributed by atoms with van der Waals surface area (Å²) < 4.78 is 5.47. The first-order chi connectivity index (χ1) is 14.9. The van der Waals surface area contributed by atoms with Crippen LogP contribution in [0, 0.1) is 0 Å². The Kier molecular flexibility index (Phi) is 5.39. The van der Waals surface area contributed by atoms with Gasteiger partial charge in [0.05, 0.1) is 19.4 Å². The Bertz CT molecular complexity index is 1040. The summed E-state index contributed by atoms with van der Waals surface area (Å²) in [5.41, 5.74) is 4.07. The summed E-state index contributed by atoms with van der Waals surface area (Å²) >= 11 is 0. The van der Waals surface area contributed by atoms with Gasteiger partial charge >= 0.3 is 0 Å². The van der Waals surface area contributed by atoms with Crippen LogP contribution < -0.4 is 15.2 Å². The van der Waals surface area contributed by atoms with Crippen molar-refractivity contribution in [2.45, 2.75) is 12.8 Å². The van der Waals surface area contributed by atoms with Crippen molar-refractivity contribution in [3.63, 3.8) is 0 Å². The van der Waals surface area contributed by atoms with E-state index in [0.29, 0.717) is 31.1 Å². The molecule has 0 unspecified atom stereocenters. The van der Waals surface area contributed by atoms with Crippen LogP contribution in [0.3, 0.4) is 0 Å². The zero-order chi connectivity index (χ0) is 20.2. The molecule has 2 aliphatic heterocycles. The normalized spacial score (nSPS) is 17.2. The van der Waals surface area contributed by atoms with Gasteiger partial charge in [-0.15, -0.1) is 0 Å². The van der Waals surface area contributed by atoms with Gasteiger partial charge in [-0.25, -0.2) is 5.43 Å². The van der Waals surface area contributed by atoms with E-state index in [-0.39, 0.29) is 0 Å². The summed E-state index contributed by atoms with van der Waals surface area (Å²) in [6.45, 7) is 4.89. The van der Waals surface area contributed by atoms with Crippen molar-refractivity contribution in [3.8, 4) is 0 Å². The number of ether oxygens (including phenoxy) is 1. The molecular formula is C22H25N7O. The fourth-order valence-corrected chi connectivity index (χ4v) is 3.89. The molecule has 2 fully saturated rings. The third kappa shape index (κ3) is 4.04. The van der Waals surface area contributed by atoms with E-state index < -0.39 is 0 Å². The van der Waals surface area contributed by atoms with Crippen LogP contribution in [0.5, 0.6) is 0 Å². The number of hydrogen-bond acceptors (Lipinski definition) is 8. The molecule has 2 aliphatic rings. The molecule has 0 bridgehead atoms. The number of hydrazone groups is 1. The summed E-state index contributed by atoms with van der Waals surface area (Å²) in [7, 11) is 0. The average molecular weight is 403 g/mol. The van der Waals surface area contributed by atoms with Gasteiger partial charge in [-0.1, -0.05) is 42.5 Å². The van der Waals surface area contributed by atoms with Crippen LogP contribution in [0.4, 0.5) is 17.8 Å². The van der Waals surface area contributed by atoms with Crippen LogP contribution in [-0.4, -0.2) is 60.6 Å². The van der Waals surface area contributed by atoms with Crippen molar-refractivity contribution in [2.75, 3.05) is 54.6 Å². The first kappa shape index (κ1) is 18.7. The number of fused-ring (bicyclic) bond motifs is 1. The summed E-state index contributed by atoms with van der Waals surface area (Å²) in [5.74, 6) is 1.86. The van der Waals surface area contributed by atoms with E-state index in [0.717, 1.165) is 37.1 Å². The smallest absolute Gasteiger partial charge is 0.250 e. The van der Waals surface area contributed by atoms with Gasteiger partial charge in [-0.3, -0.25) is 0 Å². The van der Waals surface area contributed by atoms with Crippen molar-refractivity contribution < 1.29 is 4.74 Å². The van der Waals surface area contributed by atoms with E-state index in [9.17, 15) is 0 Å². The highest BCUT2D eigenvalue weighted by atomic mass is 16.5. The monoisotopic (exact) mass is 403 g/mol. The number of rotatable bonds is 5. The first-order valence-electron chi connectivity index (χ1n) is 10.5. The first-order valence-corrected chi connectivity index (χ1v) is 10.5. The van der Waals surface area contributed by atoms with E-state index in [2.05, 4.69) is 54.6 Å². The Morgan fingerprint density at radius 1 is 0.833 bits per heavy atom. The predicted octanol–water partition coefficient (Wildman–Crippen LogP) is 2.91. The molecule has 0 radical (unpaired) electrons. The predicted molar refractivity (Wildman–Crippen MR) is 119 cm³/mol. The molecule has 1 aromatic heterocycles. The topological polar surface area (TPSA) is 78.8 Å². The highest BCUT2D eigenvalue weighted by Crippen LogP contribution is 2.21. The molecule has 8 heteroatoms. The zero-order valence-corrected chi connectivity index (χ0v) is 16.9. The lowest BCUT2D eigenvalue weighted by atomic mass is 10.1. The molecule has 0 atom stereocenters. The van der Waals surface area contributed by atoms with E-state index in [1.54, 1.807) is 0 Å². The number of anilines is 3. The molecule has 0 spiro atoms. The van der Waals surface area contributed by atoms with Crippen LogP contribution in [0.25, 0.3) is 10.8 Å². The Labute approximate surface area is 175 Å². The second-order valence-corrected chi connectivity index (χ2v) is 7.49. The minimum Gasteiger partial charge on any atom is -0.378 e. The van der Waals surface area contributed by atoms with Crippen molar-refractivity contribution in [1.29, 1.82) is 0 Å². The molecule has 3 aromatic rings. The Morgan fingerprint density at radius 3 is 2.33 bits per heavy atom. The van der Waals surface area contributed by atoms with E-state index in [1.807, 2.05) is 24.4 Å². The maximum Gasteiger partial charge on any atom is 0.250 e. The number of hydrogen-bond donors (Lipinski definition) is 1. The highest BCUT2D eigenvalue weighted by molar-refractivity contribution is 5.99. The van der Waals surface area contributed by atoms with Gasteiger partial charge < -0.3 is 14.5 Å². The summed E-state index contributed by atoms with van der Waals surface area (Å²) in [5, 5.41) is 6.77. The molecule has 5 rings (SSSR count). The van der Waals surface area contributed by atoms with E-state index in [1.165, 1.54) is 18.2 Å². The molecule has 0 saturated carbocycles. The number of nitrogens with one attached hydrogen (secondary N) is 1. The Hall–Kier alpha value is -3.26. The van der Waals surface area contributed by atoms with Gasteiger partial charge in [-0.2, -0.15) is 20.1 Å². The number of aromatic nitrogens is 3. The van der Waals surface area contributed by atoms with Crippen LogP contribution in [0.2, 0.25) is 0 Å². The fourth-order valence-electron chi connectivity index (χ4n) is 3.89. The largest absolute Gasteiger partial charge is 0.378 e. The van der Waals surface area contributed by atoms with Gasteiger partial charge in [0, 0.05) is 31.7 Å². The van der Waals surface area contributed by atoms with Crippen molar-refractivity contribution in [3.05, 3.63) is 48.0 Å². The lowest BCUT2D eigenvalue weighted by Gasteiger charge is -2.27. The molecule has 0 amide bonds. The lowest BCUT2D eigenvalue weighted by Crippen LogP contribution is -2.38. The maximum absolute atomic E-state index is 5.47. The third-order valence-electron chi connectivity index (χ3n) is 5.49. The van der Waals surface area contributed by atoms with Crippen molar-refractivity contribution in [2.24, 2.45) is 5.10 Å². The van der Waals surface area contributed by atoms with Crippen LogP contribution in [0.15, 0.2) is 47.6 Å². The fraction of sp³-hybridized carbons (Fsp3) is 0.364. The van der Waals surface area contributed by atoms with E-state index in [4.69, 9.17) is 9.72 Å². The molecule has 154 valence electrons. The maximum atomic E-state index is 5.47. The number of morpholine rings is 1. The van der Waals surface area contributed by atoms with Gasteiger partial charge in [-0.05, 0) is 23.6 Å². The average Bonchev–Trinajstić information content (AvgIpc) is 3.35. The van der Waals surface area contributed by atoms with Gasteiger partial charge in [0.15, 0.2) is 0 Å². The second kappa shape index (κ2) is 8.62. The lowest BCUT2D eigenvalue weighted by molar-refractivity contribution is 0.122. The molecule has 3 heterocycles.